The van der Waals surface area contributed by atoms with E-state index < -0.39 is 0 Å². The van der Waals surface area contributed by atoms with Gasteiger partial charge in [0.15, 0.2) is 0 Å². The molecule has 1 aromatic heterocycles. The van der Waals surface area contributed by atoms with Gasteiger partial charge in [0.05, 0.1) is 5.52 Å². The number of hydrogen-bond acceptors (Lipinski definition) is 1. The third kappa shape index (κ3) is 2.83. The van der Waals surface area contributed by atoms with Crippen LogP contribution in [0.2, 0.25) is 0 Å². The van der Waals surface area contributed by atoms with Crippen LogP contribution < -0.4 is 0 Å². The quantitative estimate of drug-likeness (QED) is 0.677. The van der Waals surface area contributed by atoms with Gasteiger partial charge in [0.25, 0.3) is 0 Å². The lowest BCUT2D eigenvalue weighted by atomic mass is 10.1. The molecule has 0 atom stereocenters. The summed E-state index contributed by atoms with van der Waals surface area (Å²) in [6.45, 7) is 4.94. The van der Waals surface area contributed by atoms with Crippen molar-refractivity contribution in [2.45, 2.75) is 6.42 Å². The minimum absolute atomic E-state index is 1.05. The molecule has 3 rings (SSSR count). The van der Waals surface area contributed by atoms with Gasteiger partial charge in [-0.05, 0) is 55.9 Å². The number of rotatable bonds is 5. The number of benzene rings is 2. The van der Waals surface area contributed by atoms with Crippen molar-refractivity contribution >= 4 is 17.0 Å². The second-order valence-corrected chi connectivity index (χ2v) is 5.89. The van der Waals surface area contributed by atoms with Crippen LogP contribution in [0.4, 0.5) is 0 Å². The van der Waals surface area contributed by atoms with Crippen LogP contribution in [-0.2, 0) is 6.42 Å². The largest absolute Gasteiger partial charge is 0.316 e. The fraction of sp³-hybridized carbons (Fsp3) is 0.200. The van der Waals surface area contributed by atoms with E-state index in [1.165, 1.54) is 27.7 Å². The first-order chi connectivity index (χ1) is 10.7. The number of aromatic nitrogens is 1. The molecule has 1 heterocycles. The van der Waals surface area contributed by atoms with E-state index in [0.717, 1.165) is 13.0 Å². The molecule has 22 heavy (non-hydrogen) atoms. The van der Waals surface area contributed by atoms with Crippen LogP contribution in [-0.4, -0.2) is 30.1 Å². The lowest BCUT2D eigenvalue weighted by Gasteiger charge is -2.08. The zero-order chi connectivity index (χ0) is 15.5. The van der Waals surface area contributed by atoms with Crippen molar-refractivity contribution in [2.75, 3.05) is 20.6 Å². The highest BCUT2D eigenvalue weighted by atomic mass is 15.0. The van der Waals surface area contributed by atoms with Crippen molar-refractivity contribution in [1.82, 2.24) is 9.47 Å². The molecule has 2 aromatic carbocycles. The van der Waals surface area contributed by atoms with Gasteiger partial charge in [-0.15, -0.1) is 0 Å². The normalized spacial score (nSPS) is 11.2. The highest BCUT2D eigenvalue weighted by Crippen LogP contribution is 2.27. The third-order valence-corrected chi connectivity index (χ3v) is 4.01. The maximum atomic E-state index is 3.89. The predicted octanol–water partition coefficient (Wildman–Crippen LogP) is 4.38. The summed E-state index contributed by atoms with van der Waals surface area (Å²) in [6, 6.07) is 17.1. The summed E-state index contributed by atoms with van der Waals surface area (Å²) in [5, 5.41) is 1.32. The molecule has 0 saturated carbocycles. The van der Waals surface area contributed by atoms with Gasteiger partial charge in [0.1, 0.15) is 0 Å². The van der Waals surface area contributed by atoms with Crippen molar-refractivity contribution in [2.24, 2.45) is 0 Å². The third-order valence-electron chi connectivity index (χ3n) is 4.01. The van der Waals surface area contributed by atoms with Crippen LogP contribution in [0, 0.1) is 0 Å². The van der Waals surface area contributed by atoms with Gasteiger partial charge in [-0.1, -0.05) is 36.9 Å². The molecule has 3 aromatic rings. The molecule has 2 nitrogen and oxygen atoms in total. The lowest BCUT2D eigenvalue weighted by Crippen LogP contribution is -2.14. The number of nitrogens with zero attached hydrogens (tertiary/aromatic N) is 2. The highest BCUT2D eigenvalue weighted by molar-refractivity contribution is 5.87. The van der Waals surface area contributed by atoms with Crippen LogP contribution in [0.3, 0.4) is 0 Å². The molecular weight excluding hydrogens is 268 g/mol. The van der Waals surface area contributed by atoms with Crippen molar-refractivity contribution in [3.8, 4) is 5.69 Å². The average Bonchev–Trinajstić information content (AvgIpc) is 2.91. The highest BCUT2D eigenvalue weighted by Gasteiger charge is 2.10. The van der Waals surface area contributed by atoms with E-state index in [2.05, 4.69) is 84.9 Å². The first-order valence-electron chi connectivity index (χ1n) is 7.65. The van der Waals surface area contributed by atoms with E-state index in [1.54, 1.807) is 0 Å². The Morgan fingerprint density at radius 3 is 2.55 bits per heavy atom. The standard InChI is InChI=1S/C20H22N2/c1-4-16-10-11-20-19(14-16)17(12-13-21(2)3)15-22(20)18-8-6-5-7-9-18/h4-11,14-15H,1,12-13H2,2-3H3. The van der Waals surface area contributed by atoms with E-state index in [1.807, 2.05) is 6.08 Å². The molecule has 0 unspecified atom stereocenters. The zero-order valence-corrected chi connectivity index (χ0v) is 13.3. The summed E-state index contributed by atoms with van der Waals surface area (Å²) in [7, 11) is 4.23. The molecule has 0 aliphatic heterocycles. The van der Waals surface area contributed by atoms with Crippen molar-refractivity contribution < 1.29 is 0 Å². The molecule has 0 spiro atoms. The van der Waals surface area contributed by atoms with Crippen LogP contribution in [0.1, 0.15) is 11.1 Å². The summed E-state index contributed by atoms with van der Waals surface area (Å²) in [5.41, 5.74) is 5.01. The fourth-order valence-corrected chi connectivity index (χ4v) is 2.79. The van der Waals surface area contributed by atoms with Gasteiger partial charge in [0.2, 0.25) is 0 Å². The van der Waals surface area contributed by atoms with Crippen molar-refractivity contribution in [3.63, 3.8) is 0 Å². The maximum Gasteiger partial charge on any atom is 0.0531 e. The maximum absolute atomic E-state index is 3.89. The topological polar surface area (TPSA) is 8.17 Å². The Hall–Kier alpha value is -2.32. The SMILES string of the molecule is C=Cc1ccc2c(c1)c(CCN(C)C)cn2-c1ccccc1. The summed E-state index contributed by atoms with van der Waals surface area (Å²) < 4.78 is 2.28. The second kappa shape index (κ2) is 6.20. The minimum Gasteiger partial charge on any atom is -0.316 e. The molecule has 0 amide bonds. The van der Waals surface area contributed by atoms with E-state index in [9.17, 15) is 0 Å². The molecule has 2 heteroatoms. The Balaban J connectivity index is 2.15. The number of likely N-dealkylation sites (N-methyl/N-ethyl adjacent to an activating group) is 1. The minimum atomic E-state index is 1.05. The number of fused-ring (bicyclic) bond motifs is 1. The molecule has 0 bridgehead atoms. The smallest absolute Gasteiger partial charge is 0.0531 e. The summed E-state index contributed by atoms with van der Waals surface area (Å²) in [6.07, 6.45) is 5.23. The van der Waals surface area contributed by atoms with E-state index >= 15 is 0 Å². The number of hydrogen-bond donors (Lipinski definition) is 0. The van der Waals surface area contributed by atoms with Gasteiger partial charge in [-0.2, -0.15) is 0 Å². The van der Waals surface area contributed by atoms with Gasteiger partial charge < -0.3 is 9.47 Å². The summed E-state index contributed by atoms with van der Waals surface area (Å²) in [5.74, 6) is 0. The monoisotopic (exact) mass is 290 g/mol. The van der Waals surface area contributed by atoms with E-state index in [-0.39, 0.29) is 0 Å². The Bertz CT molecular complexity index is 782. The molecule has 0 saturated heterocycles. The average molecular weight is 290 g/mol. The summed E-state index contributed by atoms with van der Waals surface area (Å²) in [4.78, 5) is 2.23. The fourth-order valence-electron chi connectivity index (χ4n) is 2.79. The Morgan fingerprint density at radius 1 is 1.09 bits per heavy atom. The molecule has 0 aliphatic carbocycles. The molecule has 0 N–H and O–H groups in total. The molecule has 112 valence electrons. The van der Waals surface area contributed by atoms with Gasteiger partial charge >= 0.3 is 0 Å². The lowest BCUT2D eigenvalue weighted by molar-refractivity contribution is 0.414. The van der Waals surface area contributed by atoms with E-state index in [4.69, 9.17) is 0 Å². The van der Waals surface area contributed by atoms with Crippen LogP contribution in [0.25, 0.3) is 22.7 Å². The van der Waals surface area contributed by atoms with Crippen LogP contribution in [0.5, 0.6) is 0 Å². The second-order valence-electron chi connectivity index (χ2n) is 5.89. The van der Waals surface area contributed by atoms with Gasteiger partial charge in [0, 0.05) is 23.8 Å². The van der Waals surface area contributed by atoms with Crippen molar-refractivity contribution in [1.29, 1.82) is 0 Å². The predicted molar refractivity (Wildman–Crippen MR) is 95.6 cm³/mol. The molecular formula is C20H22N2. The first kappa shape index (κ1) is 14.6. The summed E-state index contributed by atoms with van der Waals surface area (Å²) >= 11 is 0. The molecule has 0 radical (unpaired) electrons. The molecule has 0 fully saturated rings. The Morgan fingerprint density at radius 2 is 1.86 bits per heavy atom. The number of para-hydroxylation sites is 1. The molecule has 0 aliphatic rings. The van der Waals surface area contributed by atoms with Crippen LogP contribution in [0.15, 0.2) is 61.3 Å². The van der Waals surface area contributed by atoms with Gasteiger partial charge in [-0.3, -0.25) is 0 Å². The van der Waals surface area contributed by atoms with Crippen molar-refractivity contribution in [3.05, 3.63) is 72.4 Å². The van der Waals surface area contributed by atoms with Gasteiger partial charge in [-0.25, -0.2) is 0 Å². The zero-order valence-electron chi connectivity index (χ0n) is 13.3. The Kier molecular flexibility index (Phi) is 4.12. The Labute approximate surface area is 132 Å². The first-order valence-corrected chi connectivity index (χ1v) is 7.65. The van der Waals surface area contributed by atoms with Crippen LogP contribution >= 0.6 is 0 Å². The van der Waals surface area contributed by atoms with E-state index in [0.29, 0.717) is 0 Å².